The Hall–Kier alpha value is -2.81. The molecule has 0 saturated carbocycles. The molecule has 3 N–H and O–H groups in total. The molecule has 0 spiro atoms. The molecule has 0 heterocycles. The van der Waals surface area contributed by atoms with E-state index in [0.717, 1.165) is 33.4 Å². The molecule has 4 aromatic rings. The molecule has 0 saturated heterocycles. The molecular weight excluding hydrogens is 559 g/mol. The Kier molecular flexibility index (Phi) is 8.92. The molecule has 0 atom stereocenters. The van der Waals surface area contributed by atoms with Gasteiger partial charge in [-0.25, -0.2) is 0 Å². The summed E-state index contributed by atoms with van der Waals surface area (Å²) >= 11 is 0. The van der Waals surface area contributed by atoms with Gasteiger partial charge in [0.15, 0.2) is 0 Å². The van der Waals surface area contributed by atoms with Crippen LogP contribution < -0.4 is 5.30 Å². The van der Waals surface area contributed by atoms with E-state index in [4.69, 9.17) is 0 Å². The van der Waals surface area contributed by atoms with E-state index in [1.54, 1.807) is 6.07 Å². The standard InChI is InChI=1S/C40H53O3P/c1-37(2,3)27-18-20-29(32(24-27)39(7,8)9)30-22-23-34(44(41,42)43)36(35(30)26-16-14-13-15-17-26)31-21-19-28(38(4,5)6)25-33(31)40(10,11)12/h13-25,41-44H,1-12H3. The second-order valence-corrected chi connectivity index (χ2v) is 18.2. The first-order valence-electron chi connectivity index (χ1n) is 15.7. The van der Waals surface area contributed by atoms with Crippen LogP contribution in [0.5, 0.6) is 0 Å². The predicted octanol–water partition coefficient (Wildman–Crippen LogP) is 9.97. The van der Waals surface area contributed by atoms with E-state index in [2.05, 4.69) is 132 Å². The van der Waals surface area contributed by atoms with Crippen molar-refractivity contribution in [3.63, 3.8) is 0 Å². The molecule has 0 unspecified atom stereocenters. The van der Waals surface area contributed by atoms with Crippen LogP contribution in [-0.2, 0) is 21.7 Å². The van der Waals surface area contributed by atoms with E-state index in [0.29, 0.717) is 5.56 Å². The summed E-state index contributed by atoms with van der Waals surface area (Å²) in [5.74, 6) is 0. The van der Waals surface area contributed by atoms with Crippen LogP contribution in [0.25, 0.3) is 33.4 Å². The van der Waals surface area contributed by atoms with Crippen molar-refractivity contribution in [1.29, 1.82) is 0 Å². The molecule has 0 aliphatic carbocycles. The number of rotatable bonds is 4. The van der Waals surface area contributed by atoms with Crippen LogP contribution >= 0.6 is 7.94 Å². The van der Waals surface area contributed by atoms with Gasteiger partial charge in [-0.2, -0.15) is 0 Å². The zero-order valence-electron chi connectivity index (χ0n) is 28.8. The Morgan fingerprint density at radius 1 is 0.432 bits per heavy atom. The van der Waals surface area contributed by atoms with Crippen LogP contribution in [0.3, 0.4) is 0 Å². The van der Waals surface area contributed by atoms with Crippen molar-refractivity contribution < 1.29 is 14.7 Å². The summed E-state index contributed by atoms with van der Waals surface area (Å²) in [6.45, 7) is 26.6. The maximum atomic E-state index is 11.0. The Morgan fingerprint density at radius 3 is 1.30 bits per heavy atom. The van der Waals surface area contributed by atoms with Gasteiger partial charge in [0.1, 0.15) is 0 Å². The molecule has 0 aliphatic rings. The zero-order chi connectivity index (χ0) is 33.0. The Labute approximate surface area is 266 Å². The molecule has 0 bridgehead atoms. The van der Waals surface area contributed by atoms with Crippen LogP contribution in [-0.4, -0.2) is 14.7 Å². The fourth-order valence-corrected chi connectivity index (χ4v) is 6.91. The Bertz CT molecular complexity index is 1650. The van der Waals surface area contributed by atoms with Crippen LogP contribution in [0.2, 0.25) is 0 Å². The summed E-state index contributed by atoms with van der Waals surface area (Å²) in [5.41, 5.74) is 9.83. The van der Waals surface area contributed by atoms with Crippen molar-refractivity contribution in [2.75, 3.05) is 0 Å². The molecule has 236 valence electrons. The SMILES string of the molecule is CC(C)(C)c1ccc(-c2ccc([PH](O)(O)O)c(-c3ccc(C(C)(C)C)cc3C(C)(C)C)c2-c2ccccc2)c(C(C)(C)C)c1. The normalized spacial score (nSPS) is 13.7. The van der Waals surface area contributed by atoms with Crippen molar-refractivity contribution in [2.45, 2.75) is 105 Å². The average molecular weight is 613 g/mol. The Morgan fingerprint density at radius 2 is 0.864 bits per heavy atom. The quantitative estimate of drug-likeness (QED) is 0.201. The fraction of sp³-hybridized carbons (Fsp3) is 0.400. The average Bonchev–Trinajstić information content (AvgIpc) is 2.89. The maximum absolute atomic E-state index is 11.0. The number of hydrogen-bond donors (Lipinski definition) is 3. The summed E-state index contributed by atoms with van der Waals surface area (Å²) in [4.78, 5) is 33.0. The van der Waals surface area contributed by atoms with Gasteiger partial charge in [-0.3, -0.25) is 0 Å². The second kappa shape index (κ2) is 11.5. The van der Waals surface area contributed by atoms with Gasteiger partial charge in [0.05, 0.1) is 0 Å². The summed E-state index contributed by atoms with van der Waals surface area (Å²) in [5, 5.41) is 0.192. The van der Waals surface area contributed by atoms with E-state index >= 15 is 0 Å². The molecule has 4 aromatic carbocycles. The van der Waals surface area contributed by atoms with Gasteiger partial charge in [-0.05, 0) is 0 Å². The van der Waals surface area contributed by atoms with Crippen molar-refractivity contribution >= 4 is 13.2 Å². The minimum atomic E-state index is -4.77. The Balaban J connectivity index is 2.27. The summed E-state index contributed by atoms with van der Waals surface area (Å²) < 4.78 is 0. The third-order valence-electron chi connectivity index (χ3n) is 8.58. The molecule has 4 rings (SSSR count). The summed E-state index contributed by atoms with van der Waals surface area (Å²) in [7, 11) is -4.77. The van der Waals surface area contributed by atoms with E-state index in [-0.39, 0.29) is 27.0 Å². The fourth-order valence-electron chi connectivity index (χ4n) is 6.01. The first-order chi connectivity index (χ1) is 20.0. The van der Waals surface area contributed by atoms with Gasteiger partial charge in [-0.1, -0.05) is 0 Å². The van der Waals surface area contributed by atoms with Gasteiger partial charge >= 0.3 is 267 Å². The molecule has 0 amide bonds. The predicted molar refractivity (Wildman–Crippen MR) is 192 cm³/mol. The number of hydrogen-bond acceptors (Lipinski definition) is 3. The van der Waals surface area contributed by atoms with Gasteiger partial charge in [0, 0.05) is 0 Å². The molecule has 0 aliphatic heterocycles. The zero-order valence-corrected chi connectivity index (χ0v) is 29.8. The molecule has 4 heteroatoms. The van der Waals surface area contributed by atoms with E-state index in [9.17, 15) is 14.7 Å². The van der Waals surface area contributed by atoms with Gasteiger partial charge in [-0.15, -0.1) is 0 Å². The van der Waals surface area contributed by atoms with Gasteiger partial charge in [0.25, 0.3) is 0 Å². The molecule has 3 nitrogen and oxygen atoms in total. The van der Waals surface area contributed by atoms with E-state index < -0.39 is 7.94 Å². The van der Waals surface area contributed by atoms with Crippen LogP contribution in [0.1, 0.15) is 105 Å². The minimum absolute atomic E-state index is 0.0118. The monoisotopic (exact) mass is 612 g/mol. The molecule has 44 heavy (non-hydrogen) atoms. The third kappa shape index (κ3) is 7.03. The number of benzene rings is 4. The van der Waals surface area contributed by atoms with Crippen molar-refractivity contribution in [3.8, 4) is 33.4 Å². The first-order valence-corrected chi connectivity index (χ1v) is 17.6. The van der Waals surface area contributed by atoms with Crippen molar-refractivity contribution in [3.05, 3.63) is 101 Å². The molecule has 0 fully saturated rings. The van der Waals surface area contributed by atoms with Gasteiger partial charge in [0.2, 0.25) is 0 Å². The topological polar surface area (TPSA) is 60.7 Å². The summed E-state index contributed by atoms with van der Waals surface area (Å²) in [6.07, 6.45) is 0. The van der Waals surface area contributed by atoms with E-state index in [1.807, 2.05) is 24.3 Å². The van der Waals surface area contributed by atoms with E-state index in [1.165, 1.54) is 16.7 Å². The summed E-state index contributed by atoms with van der Waals surface area (Å²) in [6, 6.07) is 27.1. The van der Waals surface area contributed by atoms with Gasteiger partial charge < -0.3 is 0 Å². The molecule has 0 radical (unpaired) electrons. The third-order valence-corrected chi connectivity index (χ3v) is 9.72. The van der Waals surface area contributed by atoms with Crippen LogP contribution in [0.15, 0.2) is 78.9 Å². The first kappa shape index (κ1) is 34.1. The second-order valence-electron chi connectivity index (χ2n) is 16.4. The van der Waals surface area contributed by atoms with Crippen LogP contribution in [0, 0.1) is 0 Å². The van der Waals surface area contributed by atoms with Crippen molar-refractivity contribution in [2.24, 2.45) is 0 Å². The molecule has 0 aromatic heterocycles. The van der Waals surface area contributed by atoms with Crippen LogP contribution in [0.4, 0.5) is 0 Å². The van der Waals surface area contributed by atoms with Crippen molar-refractivity contribution in [1.82, 2.24) is 0 Å². The molecular formula is C40H53O3P.